The molecule has 0 aromatic heterocycles. The Balaban J connectivity index is -0.000000273. The third-order valence-electron chi connectivity index (χ3n) is 2.83. The summed E-state index contributed by atoms with van der Waals surface area (Å²) in [6.45, 7) is 13.7. The van der Waals surface area contributed by atoms with Crippen molar-refractivity contribution in [1.82, 2.24) is 10.6 Å². The first-order valence-corrected chi connectivity index (χ1v) is 10.5. The Kier molecular flexibility index (Phi) is 29.3. The third kappa shape index (κ3) is 61.1. The minimum absolute atomic E-state index is 1.20. The number of hydrogen-bond acceptors (Lipinski definition) is 3. The Morgan fingerprint density at radius 2 is 0.870 bits per heavy atom. The molecule has 0 saturated carbocycles. The molecule has 0 spiro atoms. The van der Waals surface area contributed by atoms with Crippen LogP contribution in [-0.2, 0) is 4.57 Å². The molecule has 0 saturated heterocycles. The fraction of sp³-hybridized carbons (Fsp3) is 1.00. The summed E-state index contributed by atoms with van der Waals surface area (Å²) in [5.74, 6) is 0. The van der Waals surface area contributed by atoms with Gasteiger partial charge in [0.2, 0.25) is 0 Å². The molecule has 5 nitrogen and oxygen atoms in total. The maximum atomic E-state index is 10.4. The van der Waals surface area contributed by atoms with Gasteiger partial charge >= 0.3 is 7.91 Å². The highest BCUT2D eigenvalue weighted by Crippen LogP contribution is 2.34. The van der Waals surface area contributed by atoms with Gasteiger partial charge in [-0.1, -0.05) is 53.4 Å². The lowest BCUT2D eigenvalue weighted by Crippen LogP contribution is -2.15. The summed E-state index contributed by atoms with van der Waals surface area (Å²) in [4.78, 5) is 13.9. The van der Waals surface area contributed by atoms with Gasteiger partial charge in [-0.25, -0.2) is 4.57 Å². The summed E-state index contributed by atoms with van der Waals surface area (Å²) in [7, 11) is -5.14. The summed E-state index contributed by atoms with van der Waals surface area (Å²) in [6.07, 6.45) is 10.5. The fourth-order valence-electron chi connectivity index (χ4n) is 1.46. The molecule has 144 valence electrons. The zero-order valence-electron chi connectivity index (χ0n) is 15.6. The van der Waals surface area contributed by atoms with E-state index in [1.165, 1.54) is 77.5 Å². The molecule has 23 heavy (non-hydrogen) atoms. The SMILES string of the molecule is CCCCNCCCC.CCCCNCCCC.O=P(O)(O)F. The van der Waals surface area contributed by atoms with Crippen LogP contribution in [0.1, 0.15) is 79.1 Å². The molecule has 0 bridgehead atoms. The molecule has 0 aliphatic heterocycles. The monoisotopic (exact) mass is 358 g/mol. The van der Waals surface area contributed by atoms with Crippen LogP contribution in [0.15, 0.2) is 0 Å². The summed E-state index contributed by atoms with van der Waals surface area (Å²) in [6, 6.07) is 0. The Morgan fingerprint density at radius 3 is 1.00 bits per heavy atom. The molecule has 0 atom stereocenters. The first-order valence-electron chi connectivity index (χ1n) is 8.99. The van der Waals surface area contributed by atoms with E-state index in [-0.39, 0.29) is 0 Å². The number of nitrogens with one attached hydrogen (secondary N) is 2. The number of unbranched alkanes of at least 4 members (excludes halogenated alkanes) is 4. The van der Waals surface area contributed by atoms with Crippen LogP contribution in [0.4, 0.5) is 4.20 Å². The fourth-order valence-corrected chi connectivity index (χ4v) is 1.46. The Morgan fingerprint density at radius 1 is 0.696 bits per heavy atom. The van der Waals surface area contributed by atoms with Gasteiger partial charge in [-0.15, -0.1) is 4.20 Å². The summed E-state index contributed by atoms with van der Waals surface area (Å²) >= 11 is 0. The van der Waals surface area contributed by atoms with Crippen molar-refractivity contribution in [2.24, 2.45) is 0 Å². The van der Waals surface area contributed by atoms with Crippen LogP contribution in [0.2, 0.25) is 0 Å². The Labute approximate surface area is 143 Å². The zero-order chi connectivity index (χ0) is 18.4. The van der Waals surface area contributed by atoms with E-state index in [9.17, 15) is 4.20 Å². The minimum atomic E-state index is -5.14. The maximum Gasteiger partial charge on any atom is 0.507 e. The Bertz CT molecular complexity index is 207. The molecule has 0 unspecified atom stereocenters. The molecule has 7 heteroatoms. The quantitative estimate of drug-likeness (QED) is 0.307. The smallest absolute Gasteiger partial charge is 0.317 e. The maximum absolute atomic E-state index is 10.4. The van der Waals surface area contributed by atoms with Gasteiger partial charge in [-0.2, -0.15) is 0 Å². The number of rotatable bonds is 12. The number of hydrogen-bond donors (Lipinski definition) is 4. The van der Waals surface area contributed by atoms with Gasteiger partial charge in [0.25, 0.3) is 0 Å². The van der Waals surface area contributed by atoms with Crippen LogP contribution in [0, 0.1) is 0 Å². The van der Waals surface area contributed by atoms with Crippen molar-refractivity contribution in [3.05, 3.63) is 0 Å². The predicted molar refractivity (Wildman–Crippen MR) is 98.5 cm³/mol. The van der Waals surface area contributed by atoms with Crippen molar-refractivity contribution in [1.29, 1.82) is 0 Å². The van der Waals surface area contributed by atoms with Crippen LogP contribution in [0.3, 0.4) is 0 Å². The van der Waals surface area contributed by atoms with Crippen LogP contribution < -0.4 is 10.6 Å². The summed E-state index contributed by atoms with van der Waals surface area (Å²) in [5.41, 5.74) is 0. The van der Waals surface area contributed by atoms with Crippen LogP contribution in [-0.4, -0.2) is 36.0 Å². The number of halogens is 1. The van der Waals surface area contributed by atoms with Gasteiger partial charge in [-0.3, -0.25) is 9.79 Å². The second kappa shape index (κ2) is 24.3. The van der Waals surface area contributed by atoms with E-state index in [0.717, 1.165) is 0 Å². The van der Waals surface area contributed by atoms with E-state index in [0.29, 0.717) is 0 Å². The molecule has 0 aromatic carbocycles. The highest BCUT2D eigenvalue weighted by Gasteiger charge is 2.04. The first kappa shape index (κ1) is 27.8. The second-order valence-electron chi connectivity index (χ2n) is 5.39. The van der Waals surface area contributed by atoms with E-state index in [2.05, 4.69) is 38.3 Å². The molecule has 0 fully saturated rings. The van der Waals surface area contributed by atoms with E-state index >= 15 is 0 Å². The second-order valence-corrected chi connectivity index (χ2v) is 6.33. The average molecular weight is 358 g/mol. The average Bonchev–Trinajstić information content (AvgIpc) is 2.46. The molecule has 0 aromatic rings. The molecule has 0 amide bonds. The van der Waals surface area contributed by atoms with Gasteiger partial charge in [0.1, 0.15) is 0 Å². The lowest BCUT2D eigenvalue weighted by atomic mass is 10.3. The molecule has 0 rings (SSSR count). The first-order chi connectivity index (χ1) is 10.8. The standard InChI is InChI=1S/2C8H19N.FH2O3P/c2*1-3-5-7-9-8-6-4-2;1-5(2,3)4/h2*9H,3-8H2,1-2H3;(H2,2,3,4). The van der Waals surface area contributed by atoms with Crippen molar-refractivity contribution < 1.29 is 18.5 Å². The van der Waals surface area contributed by atoms with Crippen molar-refractivity contribution >= 4 is 7.91 Å². The molecule has 0 aliphatic rings. The Hall–Kier alpha value is -0.0000000000000000555. The summed E-state index contributed by atoms with van der Waals surface area (Å²) in [5, 5.41) is 6.77. The van der Waals surface area contributed by atoms with Crippen molar-refractivity contribution in [2.45, 2.75) is 79.1 Å². The van der Waals surface area contributed by atoms with Crippen LogP contribution >= 0.6 is 7.91 Å². The normalized spacial score (nSPS) is 10.4. The third-order valence-corrected chi connectivity index (χ3v) is 2.83. The molecular formula is C16H40FN2O3P. The molecular weight excluding hydrogens is 318 g/mol. The largest absolute Gasteiger partial charge is 0.507 e. The lowest BCUT2D eigenvalue weighted by molar-refractivity contribution is 0.322. The van der Waals surface area contributed by atoms with E-state index in [4.69, 9.17) is 14.4 Å². The van der Waals surface area contributed by atoms with Gasteiger partial charge in [0, 0.05) is 0 Å². The van der Waals surface area contributed by atoms with Crippen molar-refractivity contribution in [3.8, 4) is 0 Å². The highest BCUT2D eigenvalue weighted by atomic mass is 31.2. The minimum Gasteiger partial charge on any atom is -0.317 e. The van der Waals surface area contributed by atoms with E-state index in [1.54, 1.807) is 0 Å². The zero-order valence-corrected chi connectivity index (χ0v) is 16.5. The molecule has 0 heterocycles. The lowest BCUT2D eigenvalue weighted by Gasteiger charge is -1.99. The summed E-state index contributed by atoms with van der Waals surface area (Å²) < 4.78 is 19.0. The van der Waals surface area contributed by atoms with Crippen LogP contribution in [0.25, 0.3) is 0 Å². The molecule has 4 N–H and O–H groups in total. The van der Waals surface area contributed by atoms with E-state index in [1.807, 2.05) is 0 Å². The van der Waals surface area contributed by atoms with E-state index < -0.39 is 7.91 Å². The van der Waals surface area contributed by atoms with Crippen molar-refractivity contribution in [2.75, 3.05) is 26.2 Å². The predicted octanol–water partition coefficient (Wildman–Crippen LogP) is 4.40. The van der Waals surface area contributed by atoms with Crippen molar-refractivity contribution in [3.63, 3.8) is 0 Å². The van der Waals surface area contributed by atoms with Crippen LogP contribution in [0.5, 0.6) is 0 Å². The van der Waals surface area contributed by atoms with Gasteiger partial charge in [0.05, 0.1) is 0 Å². The van der Waals surface area contributed by atoms with Gasteiger partial charge in [-0.05, 0) is 51.9 Å². The van der Waals surface area contributed by atoms with Gasteiger partial charge < -0.3 is 10.6 Å². The highest BCUT2D eigenvalue weighted by molar-refractivity contribution is 7.45. The topological polar surface area (TPSA) is 81.6 Å². The molecule has 0 radical (unpaired) electrons. The molecule has 0 aliphatic carbocycles. The van der Waals surface area contributed by atoms with Gasteiger partial charge in [0.15, 0.2) is 0 Å².